The Labute approximate surface area is 195 Å². The number of halogens is 1. The molecule has 0 amide bonds. The van der Waals surface area contributed by atoms with Gasteiger partial charge >= 0.3 is 0 Å². The summed E-state index contributed by atoms with van der Waals surface area (Å²) in [5, 5.41) is 1.15. The van der Waals surface area contributed by atoms with Crippen LogP contribution in [0.15, 0.2) is 53.3 Å². The summed E-state index contributed by atoms with van der Waals surface area (Å²) in [5.74, 6) is 0.815. The summed E-state index contributed by atoms with van der Waals surface area (Å²) in [5.41, 5.74) is 4.15. The number of rotatable bonds is 3. The third-order valence-corrected chi connectivity index (χ3v) is 6.94. The molecule has 33 heavy (non-hydrogen) atoms. The minimum absolute atomic E-state index is 0.0147. The smallest absolute Gasteiger partial charge is 0.265 e. The van der Waals surface area contributed by atoms with Crippen molar-refractivity contribution in [3.63, 3.8) is 0 Å². The predicted octanol–water partition coefficient (Wildman–Crippen LogP) is 6.00. The van der Waals surface area contributed by atoms with E-state index in [1.807, 2.05) is 57.7 Å². The molecule has 166 valence electrons. The van der Waals surface area contributed by atoms with E-state index >= 15 is 0 Å². The van der Waals surface area contributed by atoms with Crippen molar-refractivity contribution in [2.75, 3.05) is 0 Å². The molecule has 5 aromatic rings. The zero-order valence-electron chi connectivity index (χ0n) is 18.5. The molecule has 3 heterocycles. The first-order valence-corrected chi connectivity index (χ1v) is 12.0. The van der Waals surface area contributed by atoms with Crippen LogP contribution in [0.25, 0.3) is 38.9 Å². The molecule has 6 rings (SSSR count). The van der Waals surface area contributed by atoms with Crippen LogP contribution >= 0.6 is 11.6 Å². The maximum absolute atomic E-state index is 14.1. The Kier molecular flexibility index (Phi) is 4.91. The van der Waals surface area contributed by atoms with E-state index in [9.17, 15) is 4.79 Å². The fourth-order valence-corrected chi connectivity index (χ4v) is 5.36. The molecule has 2 aromatic carbocycles. The predicted molar refractivity (Wildman–Crippen MR) is 132 cm³/mol. The lowest BCUT2D eigenvalue weighted by molar-refractivity contribution is 0.337. The van der Waals surface area contributed by atoms with Crippen LogP contribution in [0.2, 0.25) is 5.02 Å². The van der Waals surface area contributed by atoms with Crippen molar-refractivity contribution < 1.29 is 0 Å². The molecule has 1 aliphatic carbocycles. The molecule has 6 nitrogen and oxygen atoms in total. The zero-order chi connectivity index (χ0) is 22.5. The number of nitrogens with zero attached hydrogens (tertiary/aromatic N) is 5. The van der Waals surface area contributed by atoms with E-state index < -0.39 is 0 Å². The number of hydrogen-bond acceptors (Lipinski definition) is 4. The van der Waals surface area contributed by atoms with Gasteiger partial charge < -0.3 is 0 Å². The van der Waals surface area contributed by atoms with E-state index in [-0.39, 0.29) is 11.6 Å². The summed E-state index contributed by atoms with van der Waals surface area (Å²) in [6, 6.07) is 15.5. The number of benzene rings is 2. The van der Waals surface area contributed by atoms with E-state index in [1.165, 1.54) is 6.42 Å². The highest BCUT2D eigenvalue weighted by molar-refractivity contribution is 6.30. The van der Waals surface area contributed by atoms with Crippen molar-refractivity contribution in [1.29, 1.82) is 0 Å². The fraction of sp³-hybridized carbons (Fsp3) is 0.308. The fourth-order valence-electron chi connectivity index (χ4n) is 5.17. The van der Waals surface area contributed by atoms with Gasteiger partial charge in [0.05, 0.1) is 16.7 Å². The first-order valence-electron chi connectivity index (χ1n) is 11.6. The highest BCUT2D eigenvalue weighted by Crippen LogP contribution is 2.32. The van der Waals surface area contributed by atoms with Gasteiger partial charge in [-0.15, -0.1) is 0 Å². The van der Waals surface area contributed by atoms with E-state index in [1.54, 1.807) is 0 Å². The van der Waals surface area contributed by atoms with Gasteiger partial charge in [0.15, 0.2) is 11.3 Å². The lowest BCUT2D eigenvalue weighted by Gasteiger charge is -2.26. The normalized spacial score (nSPS) is 15.1. The highest BCUT2D eigenvalue weighted by Gasteiger charge is 2.26. The molecular weight excluding hydrogens is 434 g/mol. The molecule has 0 N–H and O–H groups in total. The second kappa shape index (κ2) is 7.96. The molecule has 7 heteroatoms. The van der Waals surface area contributed by atoms with E-state index in [4.69, 9.17) is 26.6 Å². The van der Waals surface area contributed by atoms with Gasteiger partial charge in [0.2, 0.25) is 0 Å². The molecule has 0 atom stereocenters. The molecule has 0 saturated heterocycles. The summed E-state index contributed by atoms with van der Waals surface area (Å²) in [4.78, 5) is 29.0. The van der Waals surface area contributed by atoms with Gasteiger partial charge in [-0.1, -0.05) is 56.0 Å². The third-order valence-electron chi connectivity index (χ3n) is 6.70. The van der Waals surface area contributed by atoms with Gasteiger partial charge in [-0.25, -0.2) is 15.0 Å². The highest BCUT2D eigenvalue weighted by atomic mass is 35.5. The first-order chi connectivity index (χ1) is 16.2. The molecule has 1 saturated carbocycles. The Hall–Kier alpha value is -3.25. The molecule has 0 bridgehead atoms. The Morgan fingerprint density at radius 1 is 0.939 bits per heavy atom. The minimum Gasteiger partial charge on any atom is -0.293 e. The van der Waals surface area contributed by atoms with Crippen LogP contribution in [-0.2, 0) is 6.42 Å². The van der Waals surface area contributed by atoms with E-state index in [0.717, 1.165) is 48.2 Å². The minimum atomic E-state index is -0.0147. The summed E-state index contributed by atoms with van der Waals surface area (Å²) in [6.07, 6.45) is 6.23. The molecule has 1 fully saturated rings. The molecular formula is C26H24ClN5O. The van der Waals surface area contributed by atoms with Gasteiger partial charge in [-0.2, -0.15) is 0 Å². The van der Waals surface area contributed by atoms with E-state index in [0.29, 0.717) is 33.6 Å². The Morgan fingerprint density at radius 2 is 1.70 bits per heavy atom. The molecule has 3 aromatic heterocycles. The monoisotopic (exact) mass is 457 g/mol. The van der Waals surface area contributed by atoms with Crippen molar-refractivity contribution in [1.82, 2.24) is 24.1 Å². The van der Waals surface area contributed by atoms with Crippen LogP contribution in [0.4, 0.5) is 0 Å². The molecule has 1 aliphatic rings. The van der Waals surface area contributed by atoms with Crippen LogP contribution in [0.3, 0.4) is 0 Å². The number of fused-ring (bicyclic) bond motifs is 4. The number of para-hydroxylation sites is 2. The zero-order valence-corrected chi connectivity index (χ0v) is 19.2. The average Bonchev–Trinajstić information content (AvgIpc) is 3.16. The van der Waals surface area contributed by atoms with Crippen molar-refractivity contribution in [2.24, 2.45) is 0 Å². The maximum atomic E-state index is 14.1. The molecule has 0 aliphatic heterocycles. The van der Waals surface area contributed by atoms with Crippen molar-refractivity contribution in [2.45, 2.75) is 51.5 Å². The quantitative estimate of drug-likeness (QED) is 0.333. The van der Waals surface area contributed by atoms with Gasteiger partial charge in [-0.3, -0.25) is 13.9 Å². The van der Waals surface area contributed by atoms with Gasteiger partial charge in [0.1, 0.15) is 16.7 Å². The van der Waals surface area contributed by atoms with Crippen LogP contribution in [0, 0.1) is 0 Å². The summed E-state index contributed by atoms with van der Waals surface area (Å²) < 4.78 is 3.88. The van der Waals surface area contributed by atoms with Crippen molar-refractivity contribution in [3.8, 4) is 5.69 Å². The Bertz CT molecular complexity index is 1580. The molecule has 0 radical (unpaired) electrons. The maximum Gasteiger partial charge on any atom is 0.265 e. The second-order valence-corrected chi connectivity index (χ2v) is 9.18. The van der Waals surface area contributed by atoms with Gasteiger partial charge in [0.25, 0.3) is 5.56 Å². The Balaban J connectivity index is 1.78. The topological polar surface area (TPSA) is 65.6 Å². The van der Waals surface area contributed by atoms with Crippen LogP contribution in [-0.4, -0.2) is 24.1 Å². The molecule has 0 spiro atoms. The summed E-state index contributed by atoms with van der Waals surface area (Å²) in [6.45, 7) is 2.06. The summed E-state index contributed by atoms with van der Waals surface area (Å²) >= 11 is 6.34. The average molecular weight is 458 g/mol. The SMILES string of the molecule is CCc1nc2c(c(=O)n1C1CCCCC1)c1nc3ccccc3nc1n2-c1cccc(Cl)c1. The lowest BCUT2D eigenvalue weighted by Crippen LogP contribution is -2.30. The van der Waals surface area contributed by atoms with E-state index in [2.05, 4.69) is 6.92 Å². The number of hydrogen-bond donors (Lipinski definition) is 0. The van der Waals surface area contributed by atoms with Crippen LogP contribution in [0.1, 0.15) is 50.9 Å². The van der Waals surface area contributed by atoms with Crippen molar-refractivity contribution in [3.05, 3.63) is 69.7 Å². The lowest BCUT2D eigenvalue weighted by atomic mass is 9.95. The third kappa shape index (κ3) is 3.23. The molecule has 0 unspecified atom stereocenters. The largest absolute Gasteiger partial charge is 0.293 e. The summed E-state index contributed by atoms with van der Waals surface area (Å²) in [7, 11) is 0. The number of aryl methyl sites for hydroxylation is 1. The second-order valence-electron chi connectivity index (χ2n) is 8.75. The number of aromatic nitrogens is 5. The van der Waals surface area contributed by atoms with Gasteiger partial charge in [-0.05, 0) is 43.2 Å². The Morgan fingerprint density at radius 3 is 2.42 bits per heavy atom. The van der Waals surface area contributed by atoms with Crippen molar-refractivity contribution >= 4 is 44.8 Å². The van der Waals surface area contributed by atoms with Crippen LogP contribution in [0.5, 0.6) is 0 Å². The first kappa shape index (κ1) is 20.4. The standard InChI is InChI=1S/C26H24ClN5O/c1-2-21-30-24-22(26(33)31(21)17-10-4-3-5-11-17)23-25(29-20-14-7-6-13-19(20)28-23)32(24)18-12-8-9-16(27)15-18/h6-9,12-15,17H,2-5,10-11H2,1H3. The van der Waals surface area contributed by atoms with Crippen LogP contribution < -0.4 is 5.56 Å². The van der Waals surface area contributed by atoms with Gasteiger partial charge in [0, 0.05) is 17.5 Å².